The summed E-state index contributed by atoms with van der Waals surface area (Å²) in [6.07, 6.45) is 39.3. The molecule has 6 N–H and O–H groups in total. The van der Waals surface area contributed by atoms with Crippen LogP contribution in [0, 0.1) is 0 Å². The molecule has 1 fully saturated rings. The van der Waals surface area contributed by atoms with Gasteiger partial charge in [0.05, 0.1) is 25.4 Å². The SMILES string of the molecule is CCCCCCCC/C=C\CCCCCCCCCCCCCC(=O)NC(COC1OC(CO)C(O)C(O)C1O)C(O)/C=C/CCCCCCCCCCCCC. The van der Waals surface area contributed by atoms with Gasteiger partial charge in [0.15, 0.2) is 6.29 Å². The third-order valence-electron chi connectivity index (χ3n) is 11.5. The number of aliphatic hydroxyl groups is 5. The number of ether oxygens (including phenoxy) is 2. The Bertz CT molecular complexity index is 945. The van der Waals surface area contributed by atoms with E-state index in [1.54, 1.807) is 6.08 Å². The molecule has 0 aliphatic carbocycles. The van der Waals surface area contributed by atoms with Crippen LogP contribution in [0.15, 0.2) is 24.3 Å². The van der Waals surface area contributed by atoms with Crippen molar-refractivity contribution in [2.45, 2.75) is 262 Å². The Morgan fingerprint density at radius 3 is 1.42 bits per heavy atom. The van der Waals surface area contributed by atoms with Gasteiger partial charge in [0.2, 0.25) is 5.91 Å². The lowest BCUT2D eigenvalue weighted by Gasteiger charge is -2.40. The molecule has 0 saturated carbocycles. The molecule has 336 valence electrons. The maximum atomic E-state index is 13.0. The van der Waals surface area contributed by atoms with Crippen molar-refractivity contribution in [1.29, 1.82) is 0 Å². The number of allylic oxidation sites excluding steroid dienone is 3. The molecular formula is C48H91NO8. The minimum Gasteiger partial charge on any atom is -0.394 e. The van der Waals surface area contributed by atoms with Gasteiger partial charge < -0.3 is 40.3 Å². The number of amides is 1. The topological polar surface area (TPSA) is 149 Å². The van der Waals surface area contributed by atoms with Gasteiger partial charge in [-0.05, 0) is 44.9 Å². The van der Waals surface area contributed by atoms with E-state index in [0.29, 0.717) is 6.42 Å². The molecule has 0 aromatic rings. The second kappa shape index (κ2) is 38.8. The van der Waals surface area contributed by atoms with Gasteiger partial charge in [-0.25, -0.2) is 0 Å². The zero-order valence-electron chi connectivity index (χ0n) is 36.9. The number of carbonyl (C=O) groups is 1. The van der Waals surface area contributed by atoms with Crippen LogP contribution in [0.4, 0.5) is 0 Å². The van der Waals surface area contributed by atoms with E-state index in [-0.39, 0.29) is 12.5 Å². The molecule has 1 rings (SSSR count). The second-order valence-electron chi connectivity index (χ2n) is 16.9. The molecule has 0 aromatic carbocycles. The Morgan fingerprint density at radius 1 is 0.579 bits per heavy atom. The number of unbranched alkanes of at least 4 members (excludes halogenated alkanes) is 28. The minimum absolute atomic E-state index is 0.177. The van der Waals surface area contributed by atoms with E-state index in [2.05, 4.69) is 31.3 Å². The molecule has 0 spiro atoms. The van der Waals surface area contributed by atoms with E-state index in [1.165, 1.54) is 161 Å². The number of rotatable bonds is 40. The van der Waals surface area contributed by atoms with Gasteiger partial charge in [0.25, 0.3) is 0 Å². The normalized spacial score (nSPS) is 21.1. The monoisotopic (exact) mass is 810 g/mol. The molecule has 1 aliphatic heterocycles. The van der Waals surface area contributed by atoms with Crippen LogP contribution in [0.5, 0.6) is 0 Å². The van der Waals surface area contributed by atoms with Crippen molar-refractivity contribution in [3.05, 3.63) is 24.3 Å². The first-order chi connectivity index (χ1) is 27.8. The molecule has 7 unspecified atom stereocenters. The van der Waals surface area contributed by atoms with Crippen molar-refractivity contribution in [1.82, 2.24) is 5.32 Å². The predicted octanol–water partition coefficient (Wildman–Crippen LogP) is 10.3. The molecule has 0 aromatic heterocycles. The fourth-order valence-electron chi connectivity index (χ4n) is 7.62. The number of aliphatic hydroxyl groups excluding tert-OH is 5. The van der Waals surface area contributed by atoms with Crippen molar-refractivity contribution in [2.24, 2.45) is 0 Å². The fourth-order valence-corrected chi connectivity index (χ4v) is 7.62. The van der Waals surface area contributed by atoms with Crippen molar-refractivity contribution < 1.29 is 39.8 Å². The van der Waals surface area contributed by atoms with E-state index in [9.17, 15) is 30.3 Å². The Balaban J connectivity index is 2.29. The standard InChI is InChI=1S/C48H91NO8/c1-3-5-7-9-11-13-15-17-18-19-20-21-22-23-24-26-28-30-32-34-36-38-44(52)49-41(40-56-48-47(55)46(54)45(53)43(39-50)57-48)42(51)37-35-33-31-29-27-25-16-14-12-10-8-6-4-2/h17-18,35,37,41-43,45-48,50-51,53-55H,3-16,19-34,36,38-40H2,1-2H3,(H,49,52)/b18-17-,37-35+. The van der Waals surface area contributed by atoms with Crippen molar-refractivity contribution >= 4 is 5.91 Å². The first-order valence-electron chi connectivity index (χ1n) is 24.1. The van der Waals surface area contributed by atoms with E-state index in [4.69, 9.17) is 9.47 Å². The van der Waals surface area contributed by atoms with Gasteiger partial charge in [-0.3, -0.25) is 4.79 Å². The van der Waals surface area contributed by atoms with Crippen molar-refractivity contribution in [3.8, 4) is 0 Å². The summed E-state index contributed by atoms with van der Waals surface area (Å²) in [5.41, 5.74) is 0. The summed E-state index contributed by atoms with van der Waals surface area (Å²) < 4.78 is 11.2. The molecule has 57 heavy (non-hydrogen) atoms. The highest BCUT2D eigenvalue weighted by Gasteiger charge is 2.44. The van der Waals surface area contributed by atoms with Crippen LogP contribution in [-0.2, 0) is 14.3 Å². The van der Waals surface area contributed by atoms with Crippen LogP contribution in [0.3, 0.4) is 0 Å². The van der Waals surface area contributed by atoms with Crippen LogP contribution in [0.2, 0.25) is 0 Å². The Hall–Kier alpha value is -1.33. The molecular weight excluding hydrogens is 719 g/mol. The quantitative estimate of drug-likeness (QED) is 0.0265. The summed E-state index contributed by atoms with van der Waals surface area (Å²) in [6.45, 7) is 3.77. The molecule has 9 heteroatoms. The van der Waals surface area contributed by atoms with Gasteiger partial charge in [-0.2, -0.15) is 0 Å². The largest absolute Gasteiger partial charge is 0.394 e. The van der Waals surface area contributed by atoms with E-state index in [0.717, 1.165) is 38.5 Å². The maximum absolute atomic E-state index is 13.0. The maximum Gasteiger partial charge on any atom is 0.220 e. The smallest absolute Gasteiger partial charge is 0.220 e. The predicted molar refractivity (Wildman–Crippen MR) is 235 cm³/mol. The summed E-state index contributed by atoms with van der Waals surface area (Å²) in [4.78, 5) is 13.0. The lowest BCUT2D eigenvalue weighted by atomic mass is 9.99. The molecule has 1 saturated heterocycles. The molecule has 1 heterocycles. The van der Waals surface area contributed by atoms with Crippen molar-refractivity contribution in [3.63, 3.8) is 0 Å². The zero-order chi connectivity index (χ0) is 41.6. The number of carbonyl (C=O) groups excluding carboxylic acids is 1. The second-order valence-corrected chi connectivity index (χ2v) is 16.9. The molecule has 0 radical (unpaired) electrons. The van der Waals surface area contributed by atoms with E-state index < -0.39 is 49.5 Å². The van der Waals surface area contributed by atoms with Crippen LogP contribution in [-0.4, -0.2) is 87.5 Å². The Morgan fingerprint density at radius 2 is 0.982 bits per heavy atom. The molecule has 1 amide bonds. The Kier molecular flexibility index (Phi) is 36.6. The van der Waals surface area contributed by atoms with Gasteiger partial charge in [0.1, 0.15) is 24.4 Å². The molecule has 9 nitrogen and oxygen atoms in total. The number of nitrogens with one attached hydrogen (secondary N) is 1. The van der Waals surface area contributed by atoms with Crippen LogP contribution in [0.25, 0.3) is 0 Å². The fraction of sp³-hybridized carbons (Fsp3) is 0.896. The van der Waals surface area contributed by atoms with Gasteiger partial charge in [-0.1, -0.05) is 192 Å². The number of hydrogen-bond donors (Lipinski definition) is 6. The minimum atomic E-state index is -1.56. The highest BCUT2D eigenvalue weighted by Crippen LogP contribution is 2.23. The summed E-state index contributed by atoms with van der Waals surface area (Å²) in [5.74, 6) is -0.177. The first-order valence-corrected chi connectivity index (χ1v) is 24.1. The average molecular weight is 810 g/mol. The van der Waals surface area contributed by atoms with E-state index in [1.807, 2.05) is 6.08 Å². The van der Waals surface area contributed by atoms with Crippen LogP contribution >= 0.6 is 0 Å². The molecule has 0 bridgehead atoms. The third-order valence-corrected chi connectivity index (χ3v) is 11.5. The molecule has 1 aliphatic rings. The summed E-state index contributed by atoms with van der Waals surface area (Å²) in [7, 11) is 0. The Labute approximate surface area is 349 Å². The highest BCUT2D eigenvalue weighted by atomic mass is 16.7. The van der Waals surface area contributed by atoms with Gasteiger partial charge >= 0.3 is 0 Å². The summed E-state index contributed by atoms with van der Waals surface area (Å²) >= 11 is 0. The van der Waals surface area contributed by atoms with Crippen LogP contribution in [0.1, 0.15) is 219 Å². The first kappa shape index (κ1) is 53.7. The summed E-state index contributed by atoms with van der Waals surface area (Å²) in [6, 6.07) is -0.801. The lowest BCUT2D eigenvalue weighted by Crippen LogP contribution is -2.60. The molecule has 7 atom stereocenters. The van der Waals surface area contributed by atoms with E-state index >= 15 is 0 Å². The van der Waals surface area contributed by atoms with Crippen LogP contribution < -0.4 is 5.32 Å². The zero-order valence-corrected chi connectivity index (χ0v) is 36.9. The van der Waals surface area contributed by atoms with Gasteiger partial charge in [0, 0.05) is 6.42 Å². The summed E-state index contributed by atoms with van der Waals surface area (Å²) in [5, 5.41) is 54.2. The van der Waals surface area contributed by atoms with Gasteiger partial charge in [-0.15, -0.1) is 0 Å². The third kappa shape index (κ3) is 29.5. The average Bonchev–Trinajstić information content (AvgIpc) is 3.21. The lowest BCUT2D eigenvalue weighted by molar-refractivity contribution is -0.302. The van der Waals surface area contributed by atoms with Crippen molar-refractivity contribution in [2.75, 3.05) is 13.2 Å². The number of hydrogen-bond acceptors (Lipinski definition) is 8. The highest BCUT2D eigenvalue weighted by molar-refractivity contribution is 5.76.